The van der Waals surface area contributed by atoms with Crippen LogP contribution in [0.1, 0.15) is 44.9 Å². The zero-order chi connectivity index (χ0) is 9.26. The highest BCUT2D eigenvalue weighted by molar-refractivity contribution is 4.95. The van der Waals surface area contributed by atoms with Gasteiger partial charge in [-0.15, -0.1) is 0 Å². The van der Waals surface area contributed by atoms with Crippen molar-refractivity contribution in [2.45, 2.75) is 57.0 Å². The molecule has 4 N–H and O–H groups in total. The first-order chi connectivity index (χ1) is 6.27. The van der Waals surface area contributed by atoms with E-state index in [9.17, 15) is 0 Å². The van der Waals surface area contributed by atoms with Gasteiger partial charge in [0.2, 0.25) is 0 Å². The minimum atomic E-state index is 0.457. The summed E-state index contributed by atoms with van der Waals surface area (Å²) in [6.45, 7) is 0. The Kier molecular flexibility index (Phi) is 2.89. The third kappa shape index (κ3) is 2.44. The van der Waals surface area contributed by atoms with E-state index in [2.05, 4.69) is 0 Å². The van der Waals surface area contributed by atoms with E-state index in [1.807, 2.05) is 0 Å². The number of nitrogens with two attached hydrogens (primary N) is 2. The lowest BCUT2D eigenvalue weighted by atomic mass is 9.85. The quantitative estimate of drug-likeness (QED) is 0.647. The first-order valence-corrected chi connectivity index (χ1v) is 5.78. The summed E-state index contributed by atoms with van der Waals surface area (Å²) in [7, 11) is 0. The van der Waals surface area contributed by atoms with Gasteiger partial charge in [0.05, 0.1) is 0 Å². The molecule has 2 saturated carbocycles. The molecule has 0 saturated heterocycles. The van der Waals surface area contributed by atoms with Crippen LogP contribution in [-0.4, -0.2) is 12.1 Å². The first kappa shape index (κ1) is 9.47. The SMILES string of the molecule is NC1CCCCCC(C2CC2N)C1. The van der Waals surface area contributed by atoms with Crippen LogP contribution in [0.25, 0.3) is 0 Å². The van der Waals surface area contributed by atoms with Gasteiger partial charge in [0, 0.05) is 12.1 Å². The Bertz CT molecular complexity index is 169. The molecule has 0 radical (unpaired) electrons. The molecule has 4 unspecified atom stereocenters. The number of hydrogen-bond donors (Lipinski definition) is 2. The summed E-state index contributed by atoms with van der Waals surface area (Å²) in [4.78, 5) is 0. The number of hydrogen-bond acceptors (Lipinski definition) is 2. The fourth-order valence-electron chi connectivity index (χ4n) is 2.78. The minimum absolute atomic E-state index is 0.457. The van der Waals surface area contributed by atoms with Gasteiger partial charge in [-0.3, -0.25) is 0 Å². The van der Waals surface area contributed by atoms with Crippen LogP contribution in [0.15, 0.2) is 0 Å². The van der Waals surface area contributed by atoms with E-state index < -0.39 is 0 Å². The van der Waals surface area contributed by atoms with Crippen molar-refractivity contribution in [2.24, 2.45) is 23.3 Å². The van der Waals surface area contributed by atoms with Crippen LogP contribution < -0.4 is 11.5 Å². The molecule has 4 atom stereocenters. The summed E-state index contributed by atoms with van der Waals surface area (Å²) >= 11 is 0. The van der Waals surface area contributed by atoms with Gasteiger partial charge in [0.15, 0.2) is 0 Å². The molecule has 2 heteroatoms. The molecule has 13 heavy (non-hydrogen) atoms. The maximum absolute atomic E-state index is 6.06. The smallest absolute Gasteiger partial charge is 0.00737 e. The molecule has 0 aromatic heterocycles. The van der Waals surface area contributed by atoms with Crippen LogP contribution in [0.5, 0.6) is 0 Å². The third-order valence-electron chi connectivity index (χ3n) is 3.75. The topological polar surface area (TPSA) is 52.0 Å². The molecule has 76 valence electrons. The second kappa shape index (κ2) is 3.97. The van der Waals surface area contributed by atoms with Crippen molar-refractivity contribution in [1.82, 2.24) is 0 Å². The highest BCUT2D eigenvalue weighted by Gasteiger charge is 2.40. The highest BCUT2D eigenvalue weighted by Crippen LogP contribution is 2.41. The summed E-state index contributed by atoms with van der Waals surface area (Å²) in [6, 6.07) is 0.967. The van der Waals surface area contributed by atoms with E-state index in [-0.39, 0.29) is 0 Å². The Hall–Kier alpha value is -0.0800. The van der Waals surface area contributed by atoms with Crippen molar-refractivity contribution in [3.8, 4) is 0 Å². The van der Waals surface area contributed by atoms with Gasteiger partial charge in [-0.2, -0.15) is 0 Å². The Morgan fingerprint density at radius 3 is 2.23 bits per heavy atom. The molecule has 0 aromatic rings. The lowest BCUT2D eigenvalue weighted by Gasteiger charge is -2.23. The van der Waals surface area contributed by atoms with Crippen LogP contribution >= 0.6 is 0 Å². The van der Waals surface area contributed by atoms with Crippen molar-refractivity contribution >= 4 is 0 Å². The van der Waals surface area contributed by atoms with E-state index in [0.29, 0.717) is 12.1 Å². The molecule has 2 fully saturated rings. The summed E-state index contributed by atoms with van der Waals surface area (Å²) in [6.07, 6.45) is 9.23. The van der Waals surface area contributed by atoms with Crippen molar-refractivity contribution < 1.29 is 0 Å². The van der Waals surface area contributed by atoms with Crippen molar-refractivity contribution in [2.75, 3.05) is 0 Å². The Balaban J connectivity index is 1.85. The van der Waals surface area contributed by atoms with E-state index in [1.54, 1.807) is 0 Å². The predicted octanol–water partition coefficient (Wildman–Crippen LogP) is 1.63. The molecule has 0 bridgehead atoms. The van der Waals surface area contributed by atoms with Crippen LogP contribution in [-0.2, 0) is 0 Å². The van der Waals surface area contributed by atoms with Crippen LogP contribution in [0.2, 0.25) is 0 Å². The highest BCUT2D eigenvalue weighted by atomic mass is 14.8. The fourth-order valence-corrected chi connectivity index (χ4v) is 2.78. The maximum Gasteiger partial charge on any atom is 0.00737 e. The largest absolute Gasteiger partial charge is 0.328 e. The zero-order valence-corrected chi connectivity index (χ0v) is 8.41. The van der Waals surface area contributed by atoms with Crippen LogP contribution in [0, 0.1) is 11.8 Å². The second-order valence-corrected chi connectivity index (χ2v) is 4.96. The third-order valence-corrected chi connectivity index (χ3v) is 3.75. The van der Waals surface area contributed by atoms with E-state index in [4.69, 9.17) is 11.5 Å². The summed E-state index contributed by atoms with van der Waals surface area (Å²) < 4.78 is 0. The number of rotatable bonds is 1. The molecule has 0 spiro atoms. The minimum Gasteiger partial charge on any atom is -0.328 e. The molecule has 0 aliphatic heterocycles. The Morgan fingerprint density at radius 2 is 1.54 bits per heavy atom. The fraction of sp³-hybridized carbons (Fsp3) is 1.00. The maximum atomic E-state index is 6.06. The van der Waals surface area contributed by atoms with Gasteiger partial charge in [0.1, 0.15) is 0 Å². The standard InChI is InChI=1S/C11H22N2/c12-9-5-3-1-2-4-8(6-9)10-7-11(10)13/h8-11H,1-7,12-13H2. The van der Waals surface area contributed by atoms with Gasteiger partial charge in [-0.05, 0) is 31.1 Å². The van der Waals surface area contributed by atoms with E-state index in [1.165, 1.54) is 44.9 Å². The van der Waals surface area contributed by atoms with Crippen molar-refractivity contribution in [1.29, 1.82) is 0 Å². The molecular formula is C11H22N2. The first-order valence-electron chi connectivity index (χ1n) is 5.78. The molecular weight excluding hydrogens is 160 g/mol. The average Bonchev–Trinajstić information content (AvgIpc) is 2.75. The molecule has 2 aliphatic carbocycles. The molecule has 2 aliphatic rings. The van der Waals surface area contributed by atoms with Crippen molar-refractivity contribution in [3.63, 3.8) is 0 Å². The normalized spacial score (nSPS) is 46.6. The van der Waals surface area contributed by atoms with Gasteiger partial charge >= 0.3 is 0 Å². The van der Waals surface area contributed by atoms with Gasteiger partial charge < -0.3 is 11.5 Å². The predicted molar refractivity (Wildman–Crippen MR) is 55.2 cm³/mol. The Morgan fingerprint density at radius 1 is 0.846 bits per heavy atom. The second-order valence-electron chi connectivity index (χ2n) is 4.96. The molecule has 2 nitrogen and oxygen atoms in total. The van der Waals surface area contributed by atoms with Crippen LogP contribution in [0.3, 0.4) is 0 Å². The monoisotopic (exact) mass is 182 g/mol. The summed E-state index contributed by atoms with van der Waals surface area (Å²) in [5.74, 6) is 1.68. The van der Waals surface area contributed by atoms with Gasteiger partial charge in [0.25, 0.3) is 0 Å². The van der Waals surface area contributed by atoms with Crippen LogP contribution in [0.4, 0.5) is 0 Å². The lowest BCUT2D eigenvalue weighted by molar-refractivity contribution is 0.313. The van der Waals surface area contributed by atoms with E-state index in [0.717, 1.165) is 11.8 Å². The molecule has 0 aromatic carbocycles. The van der Waals surface area contributed by atoms with Gasteiger partial charge in [-0.1, -0.05) is 25.7 Å². The van der Waals surface area contributed by atoms with Crippen molar-refractivity contribution in [3.05, 3.63) is 0 Å². The summed E-state index contributed by atoms with van der Waals surface area (Å²) in [5.41, 5.74) is 12.0. The lowest BCUT2D eigenvalue weighted by Crippen LogP contribution is -2.27. The molecule has 0 amide bonds. The van der Waals surface area contributed by atoms with E-state index >= 15 is 0 Å². The zero-order valence-electron chi connectivity index (χ0n) is 8.41. The Labute approximate surface area is 81.1 Å². The summed E-state index contributed by atoms with van der Waals surface area (Å²) in [5, 5.41) is 0. The molecule has 2 rings (SSSR count). The average molecular weight is 182 g/mol. The molecule has 0 heterocycles. The van der Waals surface area contributed by atoms with Gasteiger partial charge in [-0.25, -0.2) is 0 Å².